The normalized spacial score (nSPS) is 19.0. The molecule has 1 amide bonds. The Morgan fingerprint density at radius 2 is 2.59 bits per heavy atom. The average Bonchev–Trinajstić information content (AvgIpc) is 2.89. The Balaban J connectivity index is 1.94. The van der Waals surface area contributed by atoms with Crippen molar-refractivity contribution in [2.75, 3.05) is 20.2 Å². The molecule has 1 unspecified atom stereocenters. The molecule has 2 heterocycles. The van der Waals surface area contributed by atoms with Gasteiger partial charge in [-0.1, -0.05) is 0 Å². The van der Waals surface area contributed by atoms with Crippen LogP contribution in [0.4, 0.5) is 0 Å². The largest absolute Gasteiger partial charge is 0.494 e. The molecule has 0 bridgehead atoms. The van der Waals surface area contributed by atoms with E-state index in [4.69, 9.17) is 4.74 Å². The van der Waals surface area contributed by atoms with Crippen molar-refractivity contribution < 1.29 is 9.53 Å². The van der Waals surface area contributed by atoms with E-state index in [0.29, 0.717) is 23.9 Å². The van der Waals surface area contributed by atoms with E-state index in [1.807, 2.05) is 0 Å². The van der Waals surface area contributed by atoms with Gasteiger partial charge in [-0.3, -0.25) is 9.78 Å². The molecule has 0 spiro atoms. The van der Waals surface area contributed by atoms with Crippen LogP contribution in [0.15, 0.2) is 18.5 Å². The standard InChI is InChI=1S/C12H17N3O2/c1-17-11-8-13-6-4-10(11)12(16)15-7-9-3-2-5-14-9/h4,6,8-9,14H,2-3,5,7H2,1H3,(H,15,16). The van der Waals surface area contributed by atoms with Crippen molar-refractivity contribution in [3.8, 4) is 5.75 Å². The molecule has 2 N–H and O–H groups in total. The topological polar surface area (TPSA) is 63.2 Å². The predicted molar refractivity (Wildman–Crippen MR) is 64.1 cm³/mol. The minimum absolute atomic E-state index is 0.113. The van der Waals surface area contributed by atoms with Crippen molar-refractivity contribution in [1.29, 1.82) is 0 Å². The van der Waals surface area contributed by atoms with Gasteiger partial charge in [-0.15, -0.1) is 0 Å². The van der Waals surface area contributed by atoms with Crippen molar-refractivity contribution in [1.82, 2.24) is 15.6 Å². The number of hydrogen-bond acceptors (Lipinski definition) is 4. The first-order valence-electron chi connectivity index (χ1n) is 5.81. The van der Waals surface area contributed by atoms with Crippen LogP contribution in [0.25, 0.3) is 0 Å². The summed E-state index contributed by atoms with van der Waals surface area (Å²) in [4.78, 5) is 15.9. The monoisotopic (exact) mass is 235 g/mol. The van der Waals surface area contributed by atoms with E-state index in [9.17, 15) is 4.79 Å². The van der Waals surface area contributed by atoms with E-state index >= 15 is 0 Å². The fourth-order valence-electron chi connectivity index (χ4n) is 1.97. The van der Waals surface area contributed by atoms with E-state index in [0.717, 1.165) is 13.0 Å². The number of nitrogens with one attached hydrogen (secondary N) is 2. The highest BCUT2D eigenvalue weighted by atomic mass is 16.5. The molecule has 1 aliphatic rings. The Morgan fingerprint density at radius 3 is 3.29 bits per heavy atom. The molecule has 2 rings (SSSR count). The van der Waals surface area contributed by atoms with Gasteiger partial charge in [0, 0.05) is 18.8 Å². The Bertz CT molecular complexity index is 389. The van der Waals surface area contributed by atoms with Gasteiger partial charge in [0.1, 0.15) is 5.75 Å². The molecule has 0 aromatic carbocycles. The van der Waals surface area contributed by atoms with Crippen molar-refractivity contribution in [3.63, 3.8) is 0 Å². The minimum Gasteiger partial charge on any atom is -0.494 e. The zero-order valence-electron chi connectivity index (χ0n) is 9.90. The van der Waals surface area contributed by atoms with Crippen LogP contribution in [-0.4, -0.2) is 37.1 Å². The predicted octanol–water partition coefficient (Wildman–Crippen LogP) is 0.572. The van der Waals surface area contributed by atoms with Gasteiger partial charge < -0.3 is 15.4 Å². The molecule has 5 heteroatoms. The highest BCUT2D eigenvalue weighted by Crippen LogP contribution is 2.15. The fraction of sp³-hybridized carbons (Fsp3) is 0.500. The van der Waals surface area contributed by atoms with Gasteiger partial charge in [0.05, 0.1) is 18.9 Å². The molecule has 0 saturated carbocycles. The highest BCUT2D eigenvalue weighted by molar-refractivity contribution is 5.96. The number of carbonyl (C=O) groups excluding carboxylic acids is 1. The molecule has 17 heavy (non-hydrogen) atoms. The quantitative estimate of drug-likeness (QED) is 0.801. The zero-order chi connectivity index (χ0) is 12.1. The van der Waals surface area contributed by atoms with Crippen LogP contribution < -0.4 is 15.4 Å². The van der Waals surface area contributed by atoms with Crippen LogP contribution in [0.3, 0.4) is 0 Å². The van der Waals surface area contributed by atoms with Gasteiger partial charge in [0.25, 0.3) is 5.91 Å². The molecule has 1 fully saturated rings. The first-order valence-corrected chi connectivity index (χ1v) is 5.81. The fourth-order valence-corrected chi connectivity index (χ4v) is 1.97. The maximum Gasteiger partial charge on any atom is 0.255 e. The second-order valence-electron chi connectivity index (χ2n) is 4.08. The number of hydrogen-bond donors (Lipinski definition) is 2. The molecule has 0 radical (unpaired) electrons. The number of nitrogens with zero attached hydrogens (tertiary/aromatic N) is 1. The second-order valence-corrected chi connectivity index (χ2v) is 4.08. The molecule has 1 atom stereocenters. The first kappa shape index (κ1) is 11.9. The summed E-state index contributed by atoms with van der Waals surface area (Å²) in [7, 11) is 1.53. The van der Waals surface area contributed by atoms with E-state index in [1.165, 1.54) is 13.5 Å². The van der Waals surface area contributed by atoms with Gasteiger partial charge in [0.2, 0.25) is 0 Å². The average molecular weight is 235 g/mol. The maximum absolute atomic E-state index is 11.9. The number of carbonyl (C=O) groups is 1. The van der Waals surface area contributed by atoms with Gasteiger partial charge >= 0.3 is 0 Å². The third kappa shape index (κ3) is 2.94. The molecular weight excluding hydrogens is 218 g/mol. The zero-order valence-corrected chi connectivity index (χ0v) is 9.90. The maximum atomic E-state index is 11.9. The smallest absolute Gasteiger partial charge is 0.255 e. The second kappa shape index (κ2) is 5.63. The van der Waals surface area contributed by atoms with Crippen LogP contribution in [0, 0.1) is 0 Å². The highest BCUT2D eigenvalue weighted by Gasteiger charge is 2.16. The van der Waals surface area contributed by atoms with Crippen LogP contribution in [0.1, 0.15) is 23.2 Å². The third-order valence-electron chi connectivity index (χ3n) is 2.92. The number of amides is 1. The van der Waals surface area contributed by atoms with Crippen LogP contribution >= 0.6 is 0 Å². The molecule has 5 nitrogen and oxygen atoms in total. The third-order valence-corrected chi connectivity index (χ3v) is 2.92. The molecule has 0 aliphatic carbocycles. The van der Waals surface area contributed by atoms with E-state index in [-0.39, 0.29) is 5.91 Å². The minimum atomic E-state index is -0.113. The molecule has 1 aromatic heterocycles. The van der Waals surface area contributed by atoms with Crippen LogP contribution in [0.2, 0.25) is 0 Å². The lowest BCUT2D eigenvalue weighted by Gasteiger charge is -2.12. The summed E-state index contributed by atoms with van der Waals surface area (Å²) in [5.74, 6) is 0.391. The van der Waals surface area contributed by atoms with Gasteiger partial charge in [0.15, 0.2) is 0 Å². The summed E-state index contributed by atoms with van der Waals surface area (Å²) in [6, 6.07) is 2.06. The van der Waals surface area contributed by atoms with Gasteiger partial charge in [-0.05, 0) is 25.5 Å². The molecule has 92 valence electrons. The summed E-state index contributed by atoms with van der Waals surface area (Å²) < 4.78 is 5.10. The molecule has 1 aliphatic heterocycles. The molecular formula is C12H17N3O2. The van der Waals surface area contributed by atoms with Crippen molar-refractivity contribution in [2.24, 2.45) is 0 Å². The Morgan fingerprint density at radius 1 is 1.71 bits per heavy atom. The Kier molecular flexibility index (Phi) is 3.93. The number of ether oxygens (including phenoxy) is 1. The lowest BCUT2D eigenvalue weighted by atomic mass is 10.2. The van der Waals surface area contributed by atoms with Gasteiger partial charge in [-0.25, -0.2) is 0 Å². The summed E-state index contributed by atoms with van der Waals surface area (Å²) in [6.45, 7) is 1.70. The SMILES string of the molecule is COc1cnccc1C(=O)NCC1CCCN1. The Labute approximate surface area is 101 Å². The van der Waals surface area contributed by atoms with E-state index in [2.05, 4.69) is 15.6 Å². The molecule has 1 aromatic rings. The van der Waals surface area contributed by atoms with Gasteiger partial charge in [-0.2, -0.15) is 0 Å². The summed E-state index contributed by atoms with van der Waals surface area (Å²) in [6.07, 6.45) is 5.43. The van der Waals surface area contributed by atoms with E-state index < -0.39 is 0 Å². The first-order chi connectivity index (χ1) is 8.31. The number of rotatable bonds is 4. The van der Waals surface area contributed by atoms with Crippen LogP contribution in [0.5, 0.6) is 5.75 Å². The van der Waals surface area contributed by atoms with Crippen molar-refractivity contribution in [3.05, 3.63) is 24.0 Å². The lowest BCUT2D eigenvalue weighted by molar-refractivity contribution is 0.0947. The van der Waals surface area contributed by atoms with Crippen molar-refractivity contribution >= 4 is 5.91 Å². The Hall–Kier alpha value is -1.62. The molecule has 1 saturated heterocycles. The lowest BCUT2D eigenvalue weighted by Crippen LogP contribution is -2.37. The summed E-state index contributed by atoms with van der Waals surface area (Å²) in [5.41, 5.74) is 0.528. The van der Waals surface area contributed by atoms with Crippen molar-refractivity contribution in [2.45, 2.75) is 18.9 Å². The van der Waals surface area contributed by atoms with E-state index in [1.54, 1.807) is 18.5 Å². The summed E-state index contributed by atoms with van der Waals surface area (Å²) in [5, 5.41) is 6.24. The number of pyridine rings is 1. The number of aromatic nitrogens is 1. The van der Waals surface area contributed by atoms with Crippen LogP contribution in [-0.2, 0) is 0 Å². The summed E-state index contributed by atoms with van der Waals surface area (Å²) >= 11 is 0. The number of methoxy groups -OCH3 is 1.